The van der Waals surface area contributed by atoms with Gasteiger partial charge in [-0.05, 0) is 38.2 Å². The topological polar surface area (TPSA) is 70.2 Å². The second-order valence-corrected chi connectivity index (χ2v) is 8.34. The van der Waals surface area contributed by atoms with Crippen LogP contribution in [0.5, 0.6) is 5.75 Å². The van der Waals surface area contributed by atoms with Crippen LogP contribution < -0.4 is 10.1 Å². The Hall–Kier alpha value is -1.77. The van der Waals surface area contributed by atoms with Crippen LogP contribution in [0.25, 0.3) is 0 Å². The van der Waals surface area contributed by atoms with Crippen LogP contribution >= 0.6 is 23.1 Å². The summed E-state index contributed by atoms with van der Waals surface area (Å²) in [7, 11) is 0. The molecule has 0 bridgehead atoms. The van der Waals surface area contributed by atoms with E-state index in [1.54, 1.807) is 29.9 Å². The molecule has 8 heteroatoms. The van der Waals surface area contributed by atoms with Crippen molar-refractivity contribution in [3.8, 4) is 5.75 Å². The van der Waals surface area contributed by atoms with Gasteiger partial charge >= 0.3 is 0 Å². The number of carbonyl (C=O) groups is 1. The van der Waals surface area contributed by atoms with Crippen molar-refractivity contribution in [3.05, 3.63) is 41.0 Å². The Bertz CT molecular complexity index is 709. The van der Waals surface area contributed by atoms with E-state index in [4.69, 9.17) is 4.74 Å². The van der Waals surface area contributed by atoms with Gasteiger partial charge in [0.05, 0.1) is 12.4 Å². The SMILES string of the molecule is O=C(CSc1ncc[nH]1)N/C=C\CCOc1csc(CN2CCCCC2)c1. The van der Waals surface area contributed by atoms with Crippen LogP contribution in [0, 0.1) is 0 Å². The number of imidazole rings is 1. The van der Waals surface area contributed by atoms with Crippen molar-refractivity contribution in [2.45, 2.75) is 37.4 Å². The van der Waals surface area contributed by atoms with Crippen LogP contribution in [0.1, 0.15) is 30.6 Å². The monoisotopic (exact) mass is 406 g/mol. The summed E-state index contributed by atoms with van der Waals surface area (Å²) < 4.78 is 5.79. The number of hydrogen-bond acceptors (Lipinski definition) is 6. The van der Waals surface area contributed by atoms with Gasteiger partial charge in [0, 0.05) is 35.6 Å². The van der Waals surface area contributed by atoms with Gasteiger partial charge in [-0.15, -0.1) is 11.3 Å². The molecule has 0 saturated carbocycles. The van der Waals surface area contributed by atoms with E-state index in [-0.39, 0.29) is 5.91 Å². The number of aromatic amines is 1. The molecular weight excluding hydrogens is 380 g/mol. The third-order valence-electron chi connectivity index (χ3n) is 4.19. The molecular formula is C19H26N4O2S2. The van der Waals surface area contributed by atoms with E-state index in [0.717, 1.165) is 23.9 Å². The fraction of sp³-hybridized carbons (Fsp3) is 0.474. The predicted molar refractivity (Wildman–Crippen MR) is 110 cm³/mol. The van der Waals surface area contributed by atoms with Crippen LogP contribution in [0.4, 0.5) is 0 Å². The second-order valence-electron chi connectivity index (χ2n) is 6.38. The quantitative estimate of drug-likeness (QED) is 0.466. The largest absolute Gasteiger partial charge is 0.492 e. The van der Waals surface area contributed by atoms with Gasteiger partial charge in [-0.3, -0.25) is 9.69 Å². The molecule has 2 aromatic heterocycles. The van der Waals surface area contributed by atoms with Gasteiger partial charge in [0.1, 0.15) is 5.75 Å². The molecule has 1 aliphatic heterocycles. The van der Waals surface area contributed by atoms with E-state index in [1.165, 1.54) is 49.0 Å². The van der Waals surface area contributed by atoms with Crippen molar-refractivity contribution < 1.29 is 9.53 Å². The third-order valence-corrected chi connectivity index (χ3v) is 5.99. The number of piperidine rings is 1. The lowest BCUT2D eigenvalue weighted by atomic mass is 10.1. The molecule has 27 heavy (non-hydrogen) atoms. The Morgan fingerprint density at radius 3 is 3.11 bits per heavy atom. The van der Waals surface area contributed by atoms with Crippen LogP contribution in [0.15, 0.2) is 41.3 Å². The average molecular weight is 407 g/mol. The number of amides is 1. The number of hydrogen-bond donors (Lipinski definition) is 2. The first-order chi connectivity index (χ1) is 13.3. The summed E-state index contributed by atoms with van der Waals surface area (Å²) in [4.78, 5) is 22.6. The number of thioether (sulfide) groups is 1. The number of rotatable bonds is 10. The van der Waals surface area contributed by atoms with Crippen molar-refractivity contribution in [3.63, 3.8) is 0 Å². The fourth-order valence-electron chi connectivity index (χ4n) is 2.84. The Labute approximate surface area is 168 Å². The first-order valence-corrected chi connectivity index (χ1v) is 11.2. The number of H-pyrrole nitrogens is 1. The van der Waals surface area contributed by atoms with E-state index in [9.17, 15) is 4.79 Å². The van der Waals surface area contributed by atoms with E-state index < -0.39 is 0 Å². The minimum atomic E-state index is -0.0474. The van der Waals surface area contributed by atoms with Crippen LogP contribution in [0.3, 0.4) is 0 Å². The summed E-state index contributed by atoms with van der Waals surface area (Å²) in [5.74, 6) is 1.23. The Morgan fingerprint density at radius 1 is 1.41 bits per heavy atom. The molecule has 146 valence electrons. The molecule has 2 N–H and O–H groups in total. The predicted octanol–water partition coefficient (Wildman–Crippen LogP) is 3.65. The standard InChI is InChI=1S/C19H26N4O2S2/c24-18(15-27-19-21-7-8-22-19)20-6-2-5-11-25-16-12-17(26-14-16)13-23-9-3-1-4-10-23/h2,6-8,12,14H,1,3-5,9-11,13,15H2,(H,20,24)(H,21,22)/b6-2-. The van der Waals surface area contributed by atoms with Gasteiger partial charge in [0.25, 0.3) is 0 Å². The van der Waals surface area contributed by atoms with Gasteiger partial charge in [0.15, 0.2) is 5.16 Å². The lowest BCUT2D eigenvalue weighted by Gasteiger charge is -2.25. The molecule has 0 radical (unpaired) electrons. The zero-order chi connectivity index (χ0) is 18.7. The van der Waals surface area contributed by atoms with E-state index in [1.807, 2.05) is 6.08 Å². The molecule has 0 atom stereocenters. The summed E-state index contributed by atoms with van der Waals surface area (Å²) >= 11 is 3.14. The maximum absolute atomic E-state index is 11.7. The Balaban J connectivity index is 1.26. The van der Waals surface area contributed by atoms with E-state index >= 15 is 0 Å². The highest BCUT2D eigenvalue weighted by atomic mass is 32.2. The lowest BCUT2D eigenvalue weighted by Crippen LogP contribution is -2.28. The van der Waals surface area contributed by atoms with Gasteiger partial charge < -0.3 is 15.0 Å². The average Bonchev–Trinajstić information content (AvgIpc) is 3.36. The molecule has 1 aliphatic rings. The Kier molecular flexibility index (Phi) is 8.26. The molecule has 6 nitrogen and oxygen atoms in total. The number of carbonyl (C=O) groups excluding carboxylic acids is 1. The minimum Gasteiger partial charge on any atom is -0.492 e. The summed E-state index contributed by atoms with van der Waals surface area (Å²) in [6.07, 6.45) is 11.8. The van der Waals surface area contributed by atoms with Gasteiger partial charge in [-0.25, -0.2) is 4.98 Å². The zero-order valence-corrected chi connectivity index (χ0v) is 17.0. The number of thiophene rings is 1. The lowest BCUT2D eigenvalue weighted by molar-refractivity contribution is -0.117. The first kappa shape index (κ1) is 20.0. The number of likely N-dealkylation sites (tertiary alicyclic amines) is 1. The smallest absolute Gasteiger partial charge is 0.234 e. The van der Waals surface area contributed by atoms with Crippen LogP contribution in [-0.2, 0) is 11.3 Å². The van der Waals surface area contributed by atoms with Crippen molar-refractivity contribution in [2.75, 3.05) is 25.4 Å². The van der Waals surface area contributed by atoms with Crippen molar-refractivity contribution in [2.24, 2.45) is 0 Å². The van der Waals surface area contributed by atoms with Gasteiger partial charge in [-0.1, -0.05) is 24.3 Å². The zero-order valence-electron chi connectivity index (χ0n) is 15.4. The fourth-order valence-corrected chi connectivity index (χ4v) is 4.33. The molecule has 0 spiro atoms. The van der Waals surface area contributed by atoms with E-state index in [2.05, 4.69) is 31.6 Å². The van der Waals surface area contributed by atoms with Crippen molar-refractivity contribution in [1.82, 2.24) is 20.2 Å². The second kappa shape index (κ2) is 11.2. The van der Waals surface area contributed by atoms with Crippen LogP contribution in [0.2, 0.25) is 0 Å². The molecule has 1 amide bonds. The highest BCUT2D eigenvalue weighted by Crippen LogP contribution is 2.24. The molecule has 1 fully saturated rings. The third kappa shape index (κ3) is 7.40. The highest BCUT2D eigenvalue weighted by Gasteiger charge is 2.11. The number of aromatic nitrogens is 2. The minimum absolute atomic E-state index is 0.0474. The molecule has 0 aromatic carbocycles. The first-order valence-electron chi connectivity index (χ1n) is 9.29. The number of nitrogens with one attached hydrogen (secondary N) is 2. The summed E-state index contributed by atoms with van der Waals surface area (Å²) in [6.45, 7) is 4.07. The van der Waals surface area contributed by atoms with Crippen molar-refractivity contribution >= 4 is 29.0 Å². The summed E-state index contributed by atoms with van der Waals surface area (Å²) in [6, 6.07) is 2.15. The van der Waals surface area contributed by atoms with Crippen LogP contribution in [-0.4, -0.2) is 46.2 Å². The maximum Gasteiger partial charge on any atom is 0.234 e. The molecule has 3 rings (SSSR count). The number of nitrogens with zero attached hydrogens (tertiary/aromatic N) is 2. The summed E-state index contributed by atoms with van der Waals surface area (Å²) in [5, 5.41) is 5.58. The number of ether oxygens (including phenoxy) is 1. The molecule has 1 saturated heterocycles. The molecule has 2 aromatic rings. The van der Waals surface area contributed by atoms with Crippen molar-refractivity contribution in [1.29, 1.82) is 0 Å². The van der Waals surface area contributed by atoms with Gasteiger partial charge in [-0.2, -0.15) is 0 Å². The van der Waals surface area contributed by atoms with E-state index in [0.29, 0.717) is 12.4 Å². The van der Waals surface area contributed by atoms with Gasteiger partial charge in [0.2, 0.25) is 5.91 Å². The Morgan fingerprint density at radius 2 is 2.30 bits per heavy atom. The maximum atomic E-state index is 11.7. The normalized spacial score (nSPS) is 15.3. The molecule has 0 unspecified atom stereocenters. The highest BCUT2D eigenvalue weighted by molar-refractivity contribution is 7.99. The molecule has 0 aliphatic carbocycles. The summed E-state index contributed by atoms with van der Waals surface area (Å²) in [5.41, 5.74) is 0. The molecule has 3 heterocycles.